The van der Waals surface area contributed by atoms with Crippen molar-refractivity contribution < 1.29 is 9.53 Å². The summed E-state index contributed by atoms with van der Waals surface area (Å²) in [6.07, 6.45) is 6.54. The first-order valence-electron chi connectivity index (χ1n) is 8.04. The number of methoxy groups -OCH3 is 1. The van der Waals surface area contributed by atoms with Gasteiger partial charge in [0.05, 0.1) is 19.9 Å². The largest absolute Gasteiger partial charge is 0.481 e. The number of carbonyl (C=O) groups is 1. The van der Waals surface area contributed by atoms with Gasteiger partial charge in [0.2, 0.25) is 17.7 Å². The Balaban J connectivity index is 1.54. The molecule has 132 valence electrons. The third-order valence-corrected chi connectivity index (χ3v) is 4.05. The summed E-state index contributed by atoms with van der Waals surface area (Å²) in [7, 11) is 3.42. The number of piperazine rings is 1. The normalized spacial score (nSPS) is 14.3. The second-order valence-electron chi connectivity index (χ2n) is 5.69. The number of aromatic nitrogens is 4. The van der Waals surface area contributed by atoms with Gasteiger partial charge in [0.25, 0.3) is 0 Å². The Bertz CT molecular complexity index is 705. The minimum atomic E-state index is 0.0689. The Morgan fingerprint density at radius 2 is 2.00 bits per heavy atom. The molecule has 0 atom stereocenters. The molecule has 0 unspecified atom stereocenters. The lowest BCUT2D eigenvalue weighted by Crippen LogP contribution is -2.51. The number of likely N-dealkylation sites (N-methyl/N-ethyl adjacent to an activating group) is 1. The number of ether oxygens (including phenoxy) is 1. The van der Waals surface area contributed by atoms with Crippen molar-refractivity contribution in [2.24, 2.45) is 0 Å². The first-order valence-corrected chi connectivity index (χ1v) is 8.04. The second-order valence-corrected chi connectivity index (χ2v) is 5.69. The highest BCUT2D eigenvalue weighted by atomic mass is 16.5. The fraction of sp³-hybridized carbons (Fsp3) is 0.438. The van der Waals surface area contributed by atoms with Gasteiger partial charge in [-0.05, 0) is 0 Å². The van der Waals surface area contributed by atoms with Crippen LogP contribution in [-0.4, -0.2) is 77.6 Å². The van der Waals surface area contributed by atoms with Crippen LogP contribution in [0.2, 0.25) is 0 Å². The molecule has 0 aromatic carbocycles. The zero-order valence-corrected chi connectivity index (χ0v) is 14.4. The van der Waals surface area contributed by atoms with Crippen LogP contribution in [0, 0.1) is 0 Å². The highest BCUT2D eigenvalue weighted by Gasteiger charge is 2.23. The molecule has 1 aliphatic rings. The molecule has 2 aromatic rings. The van der Waals surface area contributed by atoms with Gasteiger partial charge >= 0.3 is 0 Å². The third-order valence-electron chi connectivity index (χ3n) is 4.05. The average Bonchev–Trinajstić information content (AvgIpc) is 2.68. The molecule has 0 N–H and O–H groups in total. The number of hydrogen-bond acceptors (Lipinski definition) is 8. The molecule has 1 saturated heterocycles. The Morgan fingerprint density at radius 3 is 2.68 bits per heavy atom. The van der Waals surface area contributed by atoms with E-state index in [0.29, 0.717) is 43.8 Å². The average molecular weight is 343 g/mol. The quantitative estimate of drug-likeness (QED) is 0.753. The van der Waals surface area contributed by atoms with Crippen molar-refractivity contribution in [1.82, 2.24) is 24.8 Å². The molecule has 0 bridgehead atoms. The summed E-state index contributed by atoms with van der Waals surface area (Å²) in [6.45, 7) is 2.91. The zero-order valence-electron chi connectivity index (χ0n) is 14.4. The minimum Gasteiger partial charge on any atom is -0.481 e. The smallest absolute Gasteiger partial charge is 0.242 e. The van der Waals surface area contributed by atoms with E-state index in [0.717, 1.165) is 0 Å². The van der Waals surface area contributed by atoms with E-state index in [4.69, 9.17) is 4.74 Å². The molecule has 3 heterocycles. The van der Waals surface area contributed by atoms with Crippen LogP contribution in [0.5, 0.6) is 5.88 Å². The van der Waals surface area contributed by atoms with E-state index in [1.807, 2.05) is 11.9 Å². The summed E-state index contributed by atoms with van der Waals surface area (Å²) in [5.74, 6) is 1.91. The van der Waals surface area contributed by atoms with Gasteiger partial charge in [0.15, 0.2) is 0 Å². The van der Waals surface area contributed by atoms with Crippen LogP contribution in [0.1, 0.15) is 0 Å². The molecule has 0 aliphatic carbocycles. The summed E-state index contributed by atoms with van der Waals surface area (Å²) < 4.78 is 5.13. The van der Waals surface area contributed by atoms with Gasteiger partial charge in [0.1, 0.15) is 5.82 Å². The zero-order chi connectivity index (χ0) is 17.6. The molecule has 0 radical (unpaired) electrons. The number of rotatable bonds is 5. The summed E-state index contributed by atoms with van der Waals surface area (Å²) in [6, 6.07) is 1.71. The van der Waals surface area contributed by atoms with Crippen LogP contribution in [0.3, 0.4) is 0 Å². The molecule has 3 rings (SSSR count). The van der Waals surface area contributed by atoms with E-state index in [9.17, 15) is 4.79 Å². The Labute approximate surface area is 146 Å². The van der Waals surface area contributed by atoms with E-state index >= 15 is 0 Å². The number of carbonyl (C=O) groups excluding carboxylic acids is 1. The van der Waals surface area contributed by atoms with Gasteiger partial charge in [-0.2, -0.15) is 4.98 Å². The third kappa shape index (κ3) is 4.11. The number of anilines is 2. The summed E-state index contributed by atoms with van der Waals surface area (Å²) >= 11 is 0. The molecule has 9 nitrogen and oxygen atoms in total. The molecule has 9 heteroatoms. The first kappa shape index (κ1) is 16.9. The van der Waals surface area contributed by atoms with Crippen molar-refractivity contribution in [3.63, 3.8) is 0 Å². The second kappa shape index (κ2) is 7.73. The van der Waals surface area contributed by atoms with Gasteiger partial charge in [-0.25, -0.2) is 9.97 Å². The number of amides is 1. The summed E-state index contributed by atoms with van der Waals surface area (Å²) in [4.78, 5) is 35.0. The lowest BCUT2D eigenvalue weighted by molar-refractivity contribution is -0.129. The van der Waals surface area contributed by atoms with E-state index in [1.54, 1.807) is 42.9 Å². The SMILES string of the molecule is COc1ccnc(N2CCN(C(=O)CN(C)c3cnccn3)CC2)n1. The topological polar surface area (TPSA) is 87.6 Å². The summed E-state index contributed by atoms with van der Waals surface area (Å²) in [5, 5.41) is 0. The lowest BCUT2D eigenvalue weighted by atomic mass is 10.3. The van der Waals surface area contributed by atoms with E-state index in [1.165, 1.54) is 0 Å². The Hall–Kier alpha value is -2.97. The maximum atomic E-state index is 12.5. The monoisotopic (exact) mass is 343 g/mol. The maximum Gasteiger partial charge on any atom is 0.242 e. The molecule has 1 amide bonds. The summed E-state index contributed by atoms with van der Waals surface area (Å²) in [5.41, 5.74) is 0. The molecule has 25 heavy (non-hydrogen) atoms. The van der Waals surface area contributed by atoms with Crippen LogP contribution in [0.25, 0.3) is 0 Å². The standard InChI is InChI=1S/C16H21N7O2/c1-21(13-11-17-5-6-18-13)12-15(24)22-7-9-23(10-8-22)16-19-4-3-14(20-16)25-2/h3-6,11H,7-10,12H2,1-2H3. The number of nitrogens with zero attached hydrogens (tertiary/aromatic N) is 7. The van der Waals surface area contributed by atoms with Crippen LogP contribution < -0.4 is 14.5 Å². The highest BCUT2D eigenvalue weighted by molar-refractivity contribution is 5.81. The fourth-order valence-electron chi connectivity index (χ4n) is 2.63. The van der Waals surface area contributed by atoms with Gasteiger partial charge in [-0.1, -0.05) is 0 Å². The Morgan fingerprint density at radius 1 is 1.20 bits per heavy atom. The van der Waals surface area contributed by atoms with Gasteiger partial charge in [-0.3, -0.25) is 9.78 Å². The van der Waals surface area contributed by atoms with Crippen molar-refractivity contribution in [2.45, 2.75) is 0 Å². The van der Waals surface area contributed by atoms with Crippen molar-refractivity contribution >= 4 is 17.7 Å². The van der Waals surface area contributed by atoms with E-state index < -0.39 is 0 Å². The highest BCUT2D eigenvalue weighted by Crippen LogP contribution is 2.15. The van der Waals surface area contributed by atoms with E-state index in [-0.39, 0.29) is 12.5 Å². The van der Waals surface area contributed by atoms with Crippen molar-refractivity contribution in [1.29, 1.82) is 0 Å². The van der Waals surface area contributed by atoms with Crippen LogP contribution in [0.4, 0.5) is 11.8 Å². The molecule has 0 spiro atoms. The predicted molar refractivity (Wildman–Crippen MR) is 92.7 cm³/mol. The first-order chi connectivity index (χ1) is 12.2. The predicted octanol–water partition coefficient (Wildman–Crippen LogP) is 0.0602. The van der Waals surface area contributed by atoms with E-state index in [2.05, 4.69) is 24.8 Å². The lowest BCUT2D eigenvalue weighted by Gasteiger charge is -2.35. The van der Waals surface area contributed by atoms with Gasteiger partial charge < -0.3 is 19.4 Å². The fourth-order valence-corrected chi connectivity index (χ4v) is 2.63. The van der Waals surface area contributed by atoms with Gasteiger partial charge in [0, 0.05) is 57.9 Å². The molecule has 0 saturated carbocycles. The van der Waals surface area contributed by atoms with Crippen molar-refractivity contribution in [3.8, 4) is 5.88 Å². The Kier molecular flexibility index (Phi) is 5.22. The molecule has 1 aliphatic heterocycles. The van der Waals surface area contributed by atoms with Crippen LogP contribution >= 0.6 is 0 Å². The molecule has 2 aromatic heterocycles. The van der Waals surface area contributed by atoms with Crippen LogP contribution in [-0.2, 0) is 4.79 Å². The molecular weight excluding hydrogens is 322 g/mol. The minimum absolute atomic E-state index is 0.0689. The molecule has 1 fully saturated rings. The van der Waals surface area contributed by atoms with Gasteiger partial charge in [-0.15, -0.1) is 0 Å². The maximum absolute atomic E-state index is 12.5. The van der Waals surface area contributed by atoms with Crippen molar-refractivity contribution in [3.05, 3.63) is 30.9 Å². The van der Waals surface area contributed by atoms with Crippen molar-refractivity contribution in [2.75, 3.05) is 56.7 Å². The van der Waals surface area contributed by atoms with Crippen LogP contribution in [0.15, 0.2) is 30.9 Å². The molecular formula is C16H21N7O2. The number of hydrogen-bond donors (Lipinski definition) is 0.